The molecular weight excluding hydrogens is 1920 g/mol. The number of carbonyl (C=O) groups excluding carboxylic acids is 7. The Balaban J connectivity index is 0.000000136. The van der Waals surface area contributed by atoms with Gasteiger partial charge in [-0.3, -0.25) is 33.6 Å². The maximum absolute atomic E-state index is 13.3. The van der Waals surface area contributed by atoms with Gasteiger partial charge in [0.15, 0.2) is 65.1 Å². The van der Waals surface area contributed by atoms with Crippen LogP contribution in [0.1, 0.15) is 89.2 Å². The molecule has 12 aromatic carbocycles. The number of aliphatic hydroxyl groups is 3. The summed E-state index contributed by atoms with van der Waals surface area (Å²) in [6, 6.07) is 66.2. The Labute approximate surface area is 845 Å². The lowest BCUT2D eigenvalue weighted by Crippen LogP contribution is -2.13. The second-order valence-corrected chi connectivity index (χ2v) is 31.5. The minimum Gasteiger partial charge on any atom is -0.505 e. The van der Waals surface area contributed by atoms with Gasteiger partial charge in [-0.1, -0.05) is 133 Å². The Bertz CT molecular complexity index is 8660. The van der Waals surface area contributed by atoms with Gasteiger partial charge >= 0.3 is 0 Å². The van der Waals surface area contributed by atoms with E-state index >= 15 is 0 Å². The van der Waals surface area contributed by atoms with Gasteiger partial charge < -0.3 is 66.5 Å². The first kappa shape index (κ1) is 99.9. The zero-order valence-corrected chi connectivity index (χ0v) is 78.3. The van der Waals surface area contributed by atoms with Crippen LogP contribution in [0.15, 0.2) is 352 Å². The number of aldehydes is 3. The summed E-state index contributed by atoms with van der Waals surface area (Å²) in [5, 5.41) is 138. The van der Waals surface area contributed by atoms with Crippen molar-refractivity contribution in [2.45, 2.75) is 19.8 Å². The number of nitrogens with zero attached hydrogens (tertiary/aromatic N) is 25. The third kappa shape index (κ3) is 22.0. The number of fused-ring (bicyclic) bond motifs is 4. The molecule has 8 heterocycles. The first-order chi connectivity index (χ1) is 73.3. The maximum atomic E-state index is 13.3. The Morgan fingerprint density at radius 2 is 0.647 bits per heavy atom. The van der Waals surface area contributed by atoms with Crippen molar-refractivity contribution in [3.8, 4) is 58.3 Å². The number of phenolic OH excluding ortho intramolecular Hbond substituents is 4. The molecule has 0 aliphatic rings. The van der Waals surface area contributed by atoms with Crippen molar-refractivity contribution in [2.75, 3.05) is 35.5 Å². The number of para-hydroxylation sites is 1. The summed E-state index contributed by atoms with van der Waals surface area (Å²) in [5.74, 6) is -2.20. The number of amides is 4. The van der Waals surface area contributed by atoms with Gasteiger partial charge in [0.05, 0.1) is 115 Å². The van der Waals surface area contributed by atoms with Crippen LogP contribution in [0.3, 0.4) is 0 Å². The summed E-state index contributed by atoms with van der Waals surface area (Å²) in [6.45, 7) is 7.07. The van der Waals surface area contributed by atoms with E-state index in [1.807, 2.05) is 12.1 Å². The second kappa shape index (κ2) is 46.4. The fourth-order valence-electron chi connectivity index (χ4n) is 14.9. The van der Waals surface area contributed by atoms with Crippen LogP contribution < -0.4 is 30.7 Å². The van der Waals surface area contributed by atoms with Gasteiger partial charge in [-0.05, 0) is 141 Å². The number of nitrogens with one attached hydrogen (secondary N) is 4. The van der Waals surface area contributed by atoms with Gasteiger partial charge in [-0.15, -0.1) is 40.9 Å². The number of hydrogen-bond donors (Lipinski definition) is 11. The first-order valence-electron chi connectivity index (χ1n) is 44.7. The third-order valence-electron chi connectivity index (χ3n) is 22.3. The topological polar surface area (TPSA) is 605 Å². The summed E-state index contributed by atoms with van der Waals surface area (Å²) < 4.78 is 15.8. The van der Waals surface area contributed by atoms with E-state index in [9.17, 15) is 69.3 Å². The number of azo groups is 4. The van der Waals surface area contributed by atoms with E-state index in [2.05, 4.69) is 127 Å². The first-order valence-corrected chi connectivity index (χ1v) is 44.7. The number of aliphatic hydroxyl groups excluding tert-OH is 3. The lowest BCUT2D eigenvalue weighted by atomic mass is 10.0. The highest BCUT2D eigenvalue weighted by molar-refractivity contribution is 6.16. The molecule has 20 aromatic rings. The van der Waals surface area contributed by atoms with E-state index < -0.39 is 35.1 Å². The number of ether oxygens (including phenoxy) is 2. The van der Waals surface area contributed by atoms with Crippen LogP contribution >= 0.6 is 0 Å². The summed E-state index contributed by atoms with van der Waals surface area (Å²) in [4.78, 5) is 124. The highest BCUT2D eigenvalue weighted by atomic mass is 16.5. The molecule has 8 aromatic heterocycles. The Morgan fingerprint density at radius 1 is 0.333 bits per heavy atom. The van der Waals surface area contributed by atoms with Crippen LogP contribution in [0, 0.1) is 6.57 Å². The highest BCUT2D eigenvalue weighted by Gasteiger charge is 2.28. The molecule has 4 amide bonds. The average Bonchev–Trinajstić information content (AvgIpc) is 0.966. The van der Waals surface area contributed by atoms with Gasteiger partial charge in [0.25, 0.3) is 53.1 Å². The van der Waals surface area contributed by atoms with Gasteiger partial charge in [0, 0.05) is 82.8 Å². The fourth-order valence-corrected chi connectivity index (χ4v) is 14.9. The number of benzene rings is 12. The predicted octanol–water partition coefficient (Wildman–Crippen LogP) is 19.2. The molecule has 0 aliphatic heterocycles. The van der Waals surface area contributed by atoms with E-state index in [1.54, 1.807) is 212 Å². The van der Waals surface area contributed by atoms with Crippen molar-refractivity contribution in [1.82, 2.24) is 79.0 Å². The van der Waals surface area contributed by atoms with Crippen LogP contribution in [0.5, 0.6) is 34.5 Å². The molecular formula is C105H77N29O16. The molecule has 0 bridgehead atoms. The molecule has 0 radical (unpaired) electrons. The largest absolute Gasteiger partial charge is 0.505 e. The van der Waals surface area contributed by atoms with Gasteiger partial charge in [-0.25, -0.2) is 44.7 Å². The van der Waals surface area contributed by atoms with Crippen molar-refractivity contribution in [2.24, 2.45) is 40.9 Å². The van der Waals surface area contributed by atoms with Crippen LogP contribution in [-0.2, 0) is 19.8 Å². The number of hydrogen-bond acceptors (Lipinski definition) is 36. The number of rotatable bonds is 28. The van der Waals surface area contributed by atoms with Crippen molar-refractivity contribution in [3.63, 3.8) is 0 Å². The molecule has 0 fully saturated rings. The fraction of sp³-hybridized carbons (Fsp3) is 0.0476. The Hall–Kier alpha value is -21.7. The Kier molecular flexibility index (Phi) is 30.9. The van der Waals surface area contributed by atoms with Crippen molar-refractivity contribution in [1.29, 1.82) is 0 Å². The number of phenols is 4. The van der Waals surface area contributed by atoms with E-state index in [0.29, 0.717) is 113 Å². The van der Waals surface area contributed by atoms with E-state index in [1.165, 1.54) is 119 Å². The molecule has 20 rings (SSSR count). The third-order valence-corrected chi connectivity index (χ3v) is 22.3. The summed E-state index contributed by atoms with van der Waals surface area (Å²) in [6.07, 6.45) is 19.1. The van der Waals surface area contributed by atoms with Crippen LogP contribution in [-0.4, -0.2) is 171 Å². The zero-order chi connectivity index (χ0) is 105. The van der Waals surface area contributed by atoms with Crippen LogP contribution in [0.4, 0.5) is 74.5 Å². The molecule has 45 heteroatoms. The normalized spacial score (nSPS) is 11.1. The minimum absolute atomic E-state index is 0.0134. The van der Waals surface area contributed by atoms with Gasteiger partial charge in [0.1, 0.15) is 34.2 Å². The molecule has 0 saturated heterocycles. The van der Waals surface area contributed by atoms with Crippen molar-refractivity contribution < 1.29 is 78.8 Å². The molecule has 0 atom stereocenters. The van der Waals surface area contributed by atoms with E-state index in [0.717, 1.165) is 0 Å². The quantitative estimate of drug-likeness (QED) is 0.0123. The summed E-state index contributed by atoms with van der Waals surface area (Å²) in [5.41, 5.74) is 4.36. The molecule has 0 unspecified atom stereocenters. The Morgan fingerprint density at radius 3 is 1.01 bits per heavy atom. The number of methoxy groups -OCH3 is 2. The molecule has 150 heavy (non-hydrogen) atoms. The second-order valence-electron chi connectivity index (χ2n) is 31.5. The highest BCUT2D eigenvalue weighted by Crippen LogP contribution is 2.48. The standard InChI is InChI=1S/C27H20N8O4.C27H21N7O5.C26H19N7O4.C25H17N7O3/c1-28-20-14-31-35(27-29-11-4-12-30-27)25(20)34-33-23-22-17(5-3-6-21(22)39-2)13-19(24(23)37)26(38)32-18-9-7-16(15-36)8-10-18;1-39-22-11-16(14-35)7-8-21(22)31-26(38)20-12-17-5-2-3-6-19(17)23(24(20)37)32-33-25-18(15-36)13-30-34(25)27-28-9-4-10-29-27;34-14-16-6-8-19(9-7-16)30-25(37)21-12-17-4-1-2-5-20(17)22(23(21)36)31-32-24-18(15-35)13-29-33(24)26-27-10-3-11-28-26;33-15-17-14-28-32(25-26-11-6-12-27-25)23(17)31-30-21-19-10-5-4-7-16(19)13-20(22(21)34)24(35)29-18-8-2-1-3-9-18/h3-14,36-37H,15H2,2H3,(H,32,38);2-13,15,35,37H,14H2,1H3,(H,31,38);1-13,15,34,36H,14H2,(H,30,37);1-15,34H,(H,29,35). The monoisotopic (exact) mass is 2000 g/mol. The molecule has 0 saturated carbocycles. The van der Waals surface area contributed by atoms with Gasteiger partial charge in [-0.2, -0.15) is 39.1 Å². The summed E-state index contributed by atoms with van der Waals surface area (Å²) >= 11 is 0. The SMILES string of the molecule is COc1cc(CO)ccc1NC(=O)c1cc2ccccc2c(N=Nc2c(C=O)cnn2-c2ncccn2)c1O.O=Cc1cnn(-c2ncccn2)c1N=Nc1c(O)c(C(=O)Nc2ccc(CO)cc2)cc2ccccc12.O=Cc1cnn(-c2ncccn2)c1N=Nc1c(O)c(C(=O)Nc2ccccc2)cc2ccccc12.[C-]#[N+]c1cnn(-c2ncccn2)c1N=Nc1c(O)c(C(=O)Nc2ccc(CO)cc2)cc2cccc(OC)c12. The van der Waals surface area contributed by atoms with Gasteiger partial charge in [0.2, 0.25) is 0 Å². The lowest BCUT2D eigenvalue weighted by Gasteiger charge is -2.14. The minimum atomic E-state index is -0.624. The van der Waals surface area contributed by atoms with E-state index in [4.69, 9.17) is 16.0 Å². The van der Waals surface area contributed by atoms with E-state index in [-0.39, 0.29) is 146 Å². The van der Waals surface area contributed by atoms with Crippen LogP contribution in [0.2, 0.25) is 0 Å². The number of anilines is 4. The molecule has 45 nitrogen and oxygen atoms in total. The predicted molar refractivity (Wildman–Crippen MR) is 547 cm³/mol. The van der Waals surface area contributed by atoms with Crippen LogP contribution in [0.25, 0.3) is 71.7 Å². The zero-order valence-electron chi connectivity index (χ0n) is 78.3. The molecule has 0 spiro atoms. The maximum Gasteiger partial charge on any atom is 0.259 e. The summed E-state index contributed by atoms with van der Waals surface area (Å²) in [7, 11) is 2.92. The van der Waals surface area contributed by atoms with Crippen molar-refractivity contribution in [3.05, 3.63) is 378 Å². The molecule has 738 valence electrons. The lowest BCUT2D eigenvalue weighted by molar-refractivity contribution is 0.101. The number of aromatic hydroxyl groups is 4. The molecule has 0 aliphatic carbocycles. The number of carbonyl (C=O) groups is 7. The van der Waals surface area contributed by atoms with Crippen molar-refractivity contribution >= 4 is 160 Å². The molecule has 11 N–H and O–H groups in total. The number of aromatic nitrogens is 16. The average molecular weight is 2000 g/mol. The smallest absolute Gasteiger partial charge is 0.259 e.